The molecule has 2 unspecified atom stereocenters. The van der Waals surface area contributed by atoms with Gasteiger partial charge in [-0.2, -0.15) is 13.2 Å². The van der Waals surface area contributed by atoms with Crippen LogP contribution in [0.15, 0.2) is 12.3 Å². The number of alkyl halides is 3. The first-order valence-corrected chi connectivity index (χ1v) is 9.31. The molecule has 2 atom stereocenters. The zero-order chi connectivity index (χ0) is 23.7. The first kappa shape index (κ1) is 26.0. The van der Waals surface area contributed by atoms with E-state index in [9.17, 15) is 27.9 Å². The van der Waals surface area contributed by atoms with Gasteiger partial charge < -0.3 is 20.3 Å². The summed E-state index contributed by atoms with van der Waals surface area (Å²) >= 11 is 5.83. The van der Waals surface area contributed by atoms with Crippen molar-refractivity contribution < 1.29 is 37.3 Å². The maximum absolute atomic E-state index is 14.2. The highest BCUT2D eigenvalue weighted by atomic mass is 35.5. The molecule has 0 saturated carbocycles. The zero-order valence-electron chi connectivity index (χ0n) is 17.6. The number of hydrogen-bond donors (Lipinski definition) is 2. The van der Waals surface area contributed by atoms with Crippen molar-refractivity contribution in [3.8, 4) is 0 Å². The third-order valence-corrected chi connectivity index (χ3v) is 4.02. The van der Waals surface area contributed by atoms with E-state index in [2.05, 4.69) is 4.98 Å². The van der Waals surface area contributed by atoms with Gasteiger partial charge in [-0.15, -0.1) is 0 Å². The largest absolute Gasteiger partial charge is 0.460 e. The molecule has 1 heterocycles. The van der Waals surface area contributed by atoms with Crippen molar-refractivity contribution in [1.82, 2.24) is 4.98 Å². The maximum Gasteiger partial charge on any atom is 0.422 e. The van der Waals surface area contributed by atoms with Gasteiger partial charge in [-0.3, -0.25) is 9.59 Å². The number of aromatic nitrogens is 1. The Morgan fingerprint density at radius 2 is 1.63 bits per heavy atom. The Morgan fingerprint density at radius 3 is 2.03 bits per heavy atom. The highest BCUT2D eigenvalue weighted by Crippen LogP contribution is 2.50. The number of aliphatic hydroxyl groups is 1. The number of pyridine rings is 1. The van der Waals surface area contributed by atoms with Crippen LogP contribution in [0, 0.1) is 5.92 Å². The van der Waals surface area contributed by atoms with Crippen molar-refractivity contribution in [2.24, 2.45) is 5.92 Å². The number of ether oxygens (including phenoxy) is 2. The molecule has 170 valence electrons. The summed E-state index contributed by atoms with van der Waals surface area (Å²) in [5.74, 6) is -5.09. The Bertz CT molecular complexity index is 783. The van der Waals surface area contributed by atoms with E-state index in [1.165, 1.54) is 41.5 Å². The summed E-state index contributed by atoms with van der Waals surface area (Å²) in [6.07, 6.45) is -5.58. The van der Waals surface area contributed by atoms with Crippen molar-refractivity contribution >= 4 is 29.2 Å². The number of hydrogen-bond acceptors (Lipinski definition) is 7. The quantitative estimate of drug-likeness (QED) is 0.514. The normalized spacial score (nSPS) is 15.8. The van der Waals surface area contributed by atoms with Crippen molar-refractivity contribution in [1.29, 1.82) is 0 Å². The van der Waals surface area contributed by atoms with Gasteiger partial charge in [0.05, 0.1) is 12.0 Å². The molecular weight excluding hydrogens is 429 g/mol. The van der Waals surface area contributed by atoms with Crippen LogP contribution in [0.3, 0.4) is 0 Å². The topological polar surface area (TPSA) is 112 Å². The summed E-state index contributed by atoms with van der Waals surface area (Å²) in [5, 5.41) is 10.1. The van der Waals surface area contributed by atoms with Crippen LogP contribution in [0.4, 0.5) is 18.9 Å². The van der Waals surface area contributed by atoms with E-state index < -0.39 is 63.7 Å². The number of nitrogens with zero attached hydrogens (tertiary/aromatic N) is 1. The summed E-state index contributed by atoms with van der Waals surface area (Å²) in [4.78, 5) is 28.6. The van der Waals surface area contributed by atoms with Gasteiger partial charge in [0, 0.05) is 11.9 Å². The van der Waals surface area contributed by atoms with Gasteiger partial charge in [0.1, 0.15) is 22.3 Å². The Labute approximate surface area is 177 Å². The molecule has 0 aliphatic carbocycles. The van der Waals surface area contributed by atoms with Gasteiger partial charge in [0.15, 0.2) is 0 Å². The van der Waals surface area contributed by atoms with E-state index in [4.69, 9.17) is 26.8 Å². The summed E-state index contributed by atoms with van der Waals surface area (Å²) in [7, 11) is 0. The van der Waals surface area contributed by atoms with Crippen LogP contribution in [0.25, 0.3) is 0 Å². The standard InChI is InChI=1S/C19H26ClF3N2O5/c1-16(2,3)29-12(26)9-10(15(27)30-17(4,5)6)18(28,19(21,22)23)13-11(24)7-8-25-14(13)20/h7-8,10,28H,9H2,1-6H3,(H2,24,25). The Morgan fingerprint density at radius 1 is 1.13 bits per heavy atom. The number of nitrogen functional groups attached to an aromatic ring is 1. The van der Waals surface area contributed by atoms with Gasteiger partial charge in [-0.25, -0.2) is 4.98 Å². The molecule has 1 aromatic heterocycles. The van der Waals surface area contributed by atoms with Crippen molar-refractivity contribution in [3.63, 3.8) is 0 Å². The van der Waals surface area contributed by atoms with Gasteiger partial charge in [0.2, 0.25) is 5.60 Å². The lowest BCUT2D eigenvalue weighted by Gasteiger charge is -2.38. The predicted octanol–water partition coefficient (Wildman–Crippen LogP) is 3.76. The first-order valence-electron chi connectivity index (χ1n) is 8.94. The van der Waals surface area contributed by atoms with Gasteiger partial charge in [-0.05, 0) is 47.6 Å². The second kappa shape index (κ2) is 8.58. The molecule has 0 spiro atoms. The molecule has 11 heteroatoms. The Kier molecular flexibility index (Phi) is 7.43. The molecule has 0 fully saturated rings. The van der Waals surface area contributed by atoms with Gasteiger partial charge in [0.25, 0.3) is 0 Å². The van der Waals surface area contributed by atoms with E-state index in [1.807, 2.05) is 0 Å². The molecule has 7 nitrogen and oxygen atoms in total. The fourth-order valence-electron chi connectivity index (χ4n) is 2.67. The summed E-state index contributed by atoms with van der Waals surface area (Å²) < 4.78 is 52.8. The van der Waals surface area contributed by atoms with Crippen molar-refractivity contribution in [2.75, 3.05) is 5.73 Å². The third-order valence-electron chi connectivity index (χ3n) is 3.74. The lowest BCUT2D eigenvalue weighted by molar-refractivity contribution is -0.288. The molecule has 0 radical (unpaired) electrons. The Balaban J connectivity index is 3.69. The molecule has 0 aliphatic rings. The van der Waals surface area contributed by atoms with Crippen LogP contribution in [-0.2, 0) is 24.7 Å². The summed E-state index contributed by atoms with van der Waals surface area (Å²) in [6.45, 7) is 8.77. The summed E-state index contributed by atoms with van der Waals surface area (Å²) in [5.41, 5.74) is -2.18. The lowest BCUT2D eigenvalue weighted by Crippen LogP contribution is -2.54. The minimum Gasteiger partial charge on any atom is -0.460 e. The van der Waals surface area contributed by atoms with E-state index >= 15 is 0 Å². The summed E-state index contributed by atoms with van der Waals surface area (Å²) in [6, 6.07) is 0.984. The van der Waals surface area contributed by atoms with E-state index in [0.29, 0.717) is 0 Å². The molecule has 30 heavy (non-hydrogen) atoms. The number of carbonyl (C=O) groups is 2. The molecule has 1 aromatic rings. The van der Waals surface area contributed by atoms with Crippen LogP contribution in [-0.4, -0.2) is 39.4 Å². The molecule has 0 amide bonds. The average molecular weight is 455 g/mol. The van der Waals surface area contributed by atoms with Crippen molar-refractivity contribution in [3.05, 3.63) is 23.0 Å². The number of halogens is 4. The Hall–Kier alpha value is -2.07. The molecule has 1 rings (SSSR count). The van der Waals surface area contributed by atoms with Crippen LogP contribution >= 0.6 is 11.6 Å². The number of carbonyl (C=O) groups excluding carboxylic acids is 2. The second-order valence-corrected chi connectivity index (χ2v) is 9.06. The van der Waals surface area contributed by atoms with Gasteiger partial charge in [-0.1, -0.05) is 11.6 Å². The number of nitrogens with two attached hydrogens (primary N) is 1. The fraction of sp³-hybridized carbons (Fsp3) is 0.632. The SMILES string of the molecule is CC(C)(C)OC(=O)CC(C(=O)OC(C)(C)C)C(O)(c1c(N)ccnc1Cl)C(F)(F)F. The molecule has 0 aromatic carbocycles. The molecule has 0 aliphatic heterocycles. The average Bonchev–Trinajstić information content (AvgIpc) is 2.47. The highest BCUT2D eigenvalue weighted by molar-refractivity contribution is 6.30. The minimum absolute atomic E-state index is 0.562. The molecular formula is C19H26ClF3N2O5. The van der Waals surface area contributed by atoms with E-state index in [-0.39, 0.29) is 0 Å². The van der Waals surface area contributed by atoms with Crippen molar-refractivity contribution in [2.45, 2.75) is 70.9 Å². The first-order chi connectivity index (χ1) is 13.3. The molecule has 0 saturated heterocycles. The van der Waals surface area contributed by atoms with Crippen LogP contribution < -0.4 is 5.73 Å². The molecule has 3 N–H and O–H groups in total. The van der Waals surface area contributed by atoms with Gasteiger partial charge >= 0.3 is 18.1 Å². The van der Waals surface area contributed by atoms with Crippen LogP contribution in [0.2, 0.25) is 5.15 Å². The maximum atomic E-state index is 14.2. The van der Waals surface area contributed by atoms with Crippen LogP contribution in [0.5, 0.6) is 0 Å². The molecule has 0 bridgehead atoms. The minimum atomic E-state index is -5.47. The smallest absolute Gasteiger partial charge is 0.422 e. The third kappa shape index (κ3) is 6.21. The monoisotopic (exact) mass is 454 g/mol. The number of rotatable bonds is 5. The van der Waals surface area contributed by atoms with E-state index in [1.54, 1.807) is 0 Å². The highest BCUT2D eigenvalue weighted by Gasteiger charge is 2.65. The second-order valence-electron chi connectivity index (χ2n) is 8.71. The number of esters is 2. The predicted molar refractivity (Wildman–Crippen MR) is 103 cm³/mol. The zero-order valence-corrected chi connectivity index (χ0v) is 18.3. The lowest BCUT2D eigenvalue weighted by atomic mass is 9.78. The fourth-order valence-corrected chi connectivity index (χ4v) is 2.97. The van der Waals surface area contributed by atoms with E-state index in [0.717, 1.165) is 12.3 Å². The van der Waals surface area contributed by atoms with Crippen LogP contribution in [0.1, 0.15) is 53.5 Å². The number of anilines is 1.